The molecule has 0 spiro atoms. The number of rotatable bonds is 22. The Hall–Kier alpha value is -8.36. The van der Waals surface area contributed by atoms with Gasteiger partial charge in [0.1, 0.15) is 30.8 Å². The molecule has 4 aliphatic heterocycles. The number of hydrogen-bond acceptors (Lipinski definition) is 14. The number of imide groups is 1. The van der Waals surface area contributed by atoms with Gasteiger partial charge < -0.3 is 50.2 Å². The van der Waals surface area contributed by atoms with E-state index in [1.807, 2.05) is 42.5 Å². The molecule has 4 aromatic carbocycles. The molecular weight excluding hydrogens is 1170 g/mol. The van der Waals surface area contributed by atoms with Crippen molar-refractivity contribution < 1.29 is 70.3 Å². The molecule has 3 fully saturated rings. The van der Waals surface area contributed by atoms with Crippen LogP contribution in [0, 0.1) is 11.8 Å². The second-order valence-electron chi connectivity index (χ2n) is 21.4. The number of benzene rings is 4. The molecule has 9 rings (SSSR count). The number of piperidine rings is 1. The summed E-state index contributed by atoms with van der Waals surface area (Å²) in [6.45, 7) is 1.56. The Morgan fingerprint density at radius 3 is 2.24 bits per heavy atom. The zero-order valence-corrected chi connectivity index (χ0v) is 49.6. The highest BCUT2D eigenvalue weighted by molar-refractivity contribution is 7.54. The van der Waals surface area contributed by atoms with Crippen LogP contribution in [0.5, 0.6) is 0 Å². The molecule has 0 saturated carbocycles. The van der Waals surface area contributed by atoms with Gasteiger partial charge >= 0.3 is 19.4 Å². The van der Waals surface area contributed by atoms with E-state index in [0.717, 1.165) is 34.6 Å². The quantitative estimate of drug-likeness (QED) is 0.0199. The fraction of sp³-hybridized carbons (Fsp3) is 0.403. The van der Waals surface area contributed by atoms with E-state index in [4.69, 9.17) is 19.5 Å². The zero-order chi connectivity index (χ0) is 62.0. The zero-order valence-electron chi connectivity index (χ0n) is 47.9. The van der Waals surface area contributed by atoms with Gasteiger partial charge in [0.25, 0.3) is 11.8 Å². The Bertz CT molecular complexity index is 3510. The molecule has 9 amide bonds. The number of carbonyl (C=O) groups is 9. The monoisotopic (exact) mass is 1230 g/mol. The lowest BCUT2D eigenvalue weighted by molar-refractivity contribution is -0.146. The third-order valence-corrected chi connectivity index (χ3v) is 19.0. The first-order valence-corrected chi connectivity index (χ1v) is 31.3. The molecule has 5 heterocycles. The molecule has 6 N–H and O–H groups in total. The number of fused-ring (bicyclic) bond motifs is 3. The van der Waals surface area contributed by atoms with E-state index in [9.17, 15) is 42.9 Å². The topological polar surface area (TPSA) is 282 Å². The second-order valence-corrected chi connectivity index (χ2v) is 24.6. The lowest BCUT2D eigenvalue weighted by Crippen LogP contribution is -2.62. The second kappa shape index (κ2) is 28.0. The molecule has 4 aliphatic rings. The number of nitrogens with one attached hydrogen (secondary N) is 4. The molecule has 21 nitrogen and oxygen atoms in total. The van der Waals surface area contributed by atoms with Crippen LogP contribution in [-0.2, 0) is 59.3 Å². The third-order valence-electron chi connectivity index (χ3n) is 15.8. The van der Waals surface area contributed by atoms with Crippen LogP contribution in [0.1, 0.15) is 132 Å². The minimum Gasteiger partial charge on any atom is -0.447 e. The van der Waals surface area contributed by atoms with Crippen molar-refractivity contribution in [2.24, 2.45) is 5.73 Å². The molecule has 0 bridgehead atoms. The van der Waals surface area contributed by atoms with Gasteiger partial charge in [0.15, 0.2) is 0 Å². The molecule has 5 atom stereocenters. The minimum atomic E-state index is -4.98. The highest BCUT2D eigenvalue weighted by Gasteiger charge is 2.55. The number of nitrogens with two attached hydrogens (primary N) is 1. The summed E-state index contributed by atoms with van der Waals surface area (Å²) in [6, 6.07) is 22.0. The number of thiophene rings is 1. The van der Waals surface area contributed by atoms with Crippen molar-refractivity contribution in [3.63, 3.8) is 0 Å². The summed E-state index contributed by atoms with van der Waals surface area (Å²) in [7, 11) is -4.98. The van der Waals surface area contributed by atoms with Gasteiger partial charge in [-0.05, 0) is 105 Å². The molecule has 3 saturated heterocycles. The molecule has 0 radical (unpaired) electrons. The minimum absolute atomic E-state index is 0.0123. The van der Waals surface area contributed by atoms with Crippen molar-refractivity contribution in [3.05, 3.63) is 141 Å². The number of halogens is 2. The van der Waals surface area contributed by atoms with Crippen LogP contribution < -0.4 is 27.0 Å². The Labute approximate surface area is 504 Å². The largest absolute Gasteiger partial charge is 0.447 e. The summed E-state index contributed by atoms with van der Waals surface area (Å²) in [6.07, 6.45) is 2.08. The summed E-state index contributed by atoms with van der Waals surface area (Å²) in [5.74, 6) is 1.89. The van der Waals surface area contributed by atoms with Gasteiger partial charge in [0.2, 0.25) is 35.4 Å². The third kappa shape index (κ3) is 14.4. The van der Waals surface area contributed by atoms with E-state index in [1.54, 1.807) is 36.4 Å². The number of carbonyl (C=O) groups excluding carboxylic acids is 9. The van der Waals surface area contributed by atoms with Crippen molar-refractivity contribution >= 4 is 82.4 Å². The van der Waals surface area contributed by atoms with Gasteiger partial charge in [0.05, 0.1) is 24.1 Å². The molecule has 0 aliphatic carbocycles. The van der Waals surface area contributed by atoms with Crippen LogP contribution in [-0.4, -0.2) is 131 Å². The van der Waals surface area contributed by atoms with Crippen molar-refractivity contribution in [2.45, 2.75) is 127 Å². The summed E-state index contributed by atoms with van der Waals surface area (Å²) in [5, 5.41) is 10.9. The van der Waals surface area contributed by atoms with E-state index in [-0.39, 0.29) is 92.9 Å². The van der Waals surface area contributed by atoms with Crippen molar-refractivity contribution in [3.8, 4) is 11.8 Å². The Morgan fingerprint density at radius 1 is 0.851 bits per heavy atom. The van der Waals surface area contributed by atoms with Crippen LogP contribution in [0.2, 0.25) is 0 Å². The lowest BCUT2D eigenvalue weighted by atomic mass is 9.98. The summed E-state index contributed by atoms with van der Waals surface area (Å²) < 4.78 is 60.6. The first-order valence-electron chi connectivity index (χ1n) is 28.9. The van der Waals surface area contributed by atoms with Crippen LogP contribution >= 0.6 is 18.9 Å². The van der Waals surface area contributed by atoms with E-state index >= 15 is 13.6 Å². The first kappa shape index (κ1) is 63.2. The maximum atomic E-state index is 15.9. The van der Waals surface area contributed by atoms with Crippen LogP contribution in [0.4, 0.5) is 13.6 Å². The predicted octanol–water partition coefficient (Wildman–Crippen LogP) is 7.16. The number of alkyl halides is 2. The van der Waals surface area contributed by atoms with E-state index < -0.39 is 97.3 Å². The predicted molar refractivity (Wildman–Crippen MR) is 315 cm³/mol. The fourth-order valence-corrected chi connectivity index (χ4v) is 13.9. The first-order chi connectivity index (χ1) is 41.8. The number of nitrogens with zero attached hydrogens (tertiary/aromatic N) is 3. The van der Waals surface area contributed by atoms with E-state index in [0.29, 0.717) is 53.5 Å². The Kier molecular flexibility index (Phi) is 20.3. The van der Waals surface area contributed by atoms with Crippen LogP contribution in [0.25, 0.3) is 10.1 Å². The highest BCUT2D eigenvalue weighted by Crippen LogP contribution is 2.67. The Balaban J connectivity index is 0.902. The summed E-state index contributed by atoms with van der Waals surface area (Å²) in [4.78, 5) is 127. The molecule has 5 aromatic rings. The molecule has 458 valence electrons. The van der Waals surface area contributed by atoms with Gasteiger partial charge in [-0.1, -0.05) is 91.1 Å². The van der Waals surface area contributed by atoms with Gasteiger partial charge in [-0.25, -0.2) is 4.79 Å². The number of primary amides is 1. The number of amides is 9. The number of hydrogen-bond donors (Lipinski definition) is 5. The molecular formula is C62H67F2N8O13PS. The number of unbranched alkanes of at least 4 members (excludes halogenated alkanes) is 3. The molecule has 1 aromatic heterocycles. The Morgan fingerprint density at radius 2 is 1.56 bits per heavy atom. The SMILES string of the molecule is CCOP(=O)(OCC)C(F)(F)c1ccc2sc(C(=O)N[C@H]3CN(C(=O)CCCCCC#Cc4cccc5c4CN(C4CCC(=O)NC4=O)C5=O)CC[C@H]4CC[C@@H](C(=O)N[C@@H](COC(N)=O)C(=O)NC(c5ccccc5)c5ccccc5)N4C3=O)cc2c1. The molecule has 25 heteroatoms. The fourth-order valence-electron chi connectivity index (χ4n) is 11.4. The van der Waals surface area contributed by atoms with Crippen molar-refractivity contribution in [2.75, 3.05) is 32.9 Å². The smallest absolute Gasteiger partial charge is 0.404 e. The van der Waals surface area contributed by atoms with E-state index in [2.05, 4.69) is 33.1 Å². The van der Waals surface area contributed by atoms with Crippen molar-refractivity contribution in [1.29, 1.82) is 0 Å². The van der Waals surface area contributed by atoms with Gasteiger partial charge in [-0.3, -0.25) is 48.2 Å². The highest BCUT2D eigenvalue weighted by atomic mass is 32.1. The standard InChI is InChI=1S/C62H67F2N8O13PS/c1-3-84-86(82,85-4-2)62(63,64)42-25-29-50-41(33-42)34-51(87-50)58(78)66-46-36-70(53(74)24-15-7-5-6-10-17-38-22-16-23-44-45(38)35-71(59(44)79)48-28-30-52(73)68-56(48)76)32-31-43-26-27-49(72(43)60(46)80)57(77)67-47(37-83-61(65)81)55(75)69-54(39-18-11-8-12-19-39)40-20-13-9-14-21-40/h8-9,11-14,16,18-23,25,29,33-34,43,46-49,54H,3-7,15,24,26-28,30-32,35-37H2,1-2H3,(H2,65,81)(H,66,78)(H,67,77)(H,69,75)(H,68,73,76)/t43-,46+,47+,48?,49+/m1/s1. The molecule has 87 heavy (non-hydrogen) atoms. The lowest BCUT2D eigenvalue weighted by Gasteiger charge is -2.39. The normalized spacial score (nSPS) is 19.1. The summed E-state index contributed by atoms with van der Waals surface area (Å²) in [5.41, 5.74) is 3.86. The van der Waals surface area contributed by atoms with Gasteiger partial charge in [0, 0.05) is 66.3 Å². The van der Waals surface area contributed by atoms with Gasteiger partial charge in [-0.15, -0.1) is 11.3 Å². The average molecular weight is 1230 g/mol. The van der Waals surface area contributed by atoms with Crippen LogP contribution in [0.3, 0.4) is 0 Å². The van der Waals surface area contributed by atoms with E-state index in [1.165, 1.54) is 40.7 Å². The van der Waals surface area contributed by atoms with Crippen molar-refractivity contribution in [1.82, 2.24) is 36.0 Å². The maximum Gasteiger partial charge on any atom is 0.404 e. The molecule has 1 unspecified atom stereocenters. The van der Waals surface area contributed by atoms with Gasteiger partial charge in [-0.2, -0.15) is 8.78 Å². The number of ether oxygens (including phenoxy) is 1. The van der Waals surface area contributed by atoms with Crippen LogP contribution in [0.15, 0.2) is 103 Å². The summed E-state index contributed by atoms with van der Waals surface area (Å²) >= 11 is 0.941. The maximum absolute atomic E-state index is 15.9. The average Bonchev–Trinajstić information content (AvgIpc) is 1.91.